The summed E-state index contributed by atoms with van der Waals surface area (Å²) in [6, 6.07) is 4.56. The third-order valence-corrected chi connectivity index (χ3v) is 4.22. The van der Waals surface area contributed by atoms with Crippen molar-refractivity contribution in [1.82, 2.24) is 0 Å². The van der Waals surface area contributed by atoms with Crippen LogP contribution in [0.2, 0.25) is 5.02 Å². The topological polar surface area (TPSA) is 98.5 Å². The second-order valence-electron chi connectivity index (χ2n) is 3.52. The molecule has 0 spiro atoms. The standard InChI is InChI=1S/C10H13ClN2O4S/c1-6(10(14)17-2)18(15,16)13-9-7(11)4-3-5-8(9)12/h3-6,13H,12H2,1-2H3. The minimum absolute atomic E-state index is 0.0509. The Morgan fingerprint density at radius 2 is 2.11 bits per heavy atom. The lowest BCUT2D eigenvalue weighted by atomic mass is 10.3. The smallest absolute Gasteiger partial charge is 0.325 e. The Balaban J connectivity index is 3.07. The third kappa shape index (κ3) is 3.05. The molecule has 0 heterocycles. The van der Waals surface area contributed by atoms with Crippen LogP contribution in [0.15, 0.2) is 18.2 Å². The van der Waals surface area contributed by atoms with Gasteiger partial charge in [0, 0.05) is 0 Å². The van der Waals surface area contributed by atoms with Gasteiger partial charge in [0.25, 0.3) is 0 Å². The van der Waals surface area contributed by atoms with Crippen molar-refractivity contribution in [2.24, 2.45) is 0 Å². The normalized spacial score (nSPS) is 12.8. The number of methoxy groups -OCH3 is 1. The molecule has 6 nitrogen and oxygen atoms in total. The summed E-state index contributed by atoms with van der Waals surface area (Å²) in [7, 11) is -2.85. The minimum atomic E-state index is -3.96. The molecule has 0 aliphatic carbocycles. The van der Waals surface area contributed by atoms with Gasteiger partial charge in [0.05, 0.1) is 23.5 Å². The molecular formula is C10H13ClN2O4S. The number of esters is 1. The Morgan fingerprint density at radius 3 is 2.61 bits per heavy atom. The number of para-hydroxylation sites is 1. The highest BCUT2D eigenvalue weighted by molar-refractivity contribution is 7.94. The number of halogens is 1. The fraction of sp³-hybridized carbons (Fsp3) is 0.300. The Bertz CT molecular complexity index is 539. The van der Waals surface area contributed by atoms with E-state index in [4.69, 9.17) is 17.3 Å². The van der Waals surface area contributed by atoms with Crippen LogP contribution in [0.5, 0.6) is 0 Å². The quantitative estimate of drug-likeness (QED) is 0.642. The number of anilines is 2. The highest BCUT2D eigenvalue weighted by Gasteiger charge is 2.29. The minimum Gasteiger partial charge on any atom is -0.468 e. The van der Waals surface area contributed by atoms with E-state index < -0.39 is 21.2 Å². The van der Waals surface area contributed by atoms with E-state index in [0.717, 1.165) is 7.11 Å². The fourth-order valence-corrected chi connectivity index (χ4v) is 2.50. The van der Waals surface area contributed by atoms with Crippen LogP contribution in [0.3, 0.4) is 0 Å². The summed E-state index contributed by atoms with van der Waals surface area (Å²) < 4.78 is 30.3. The molecule has 0 fully saturated rings. The molecule has 8 heteroatoms. The molecule has 1 aromatic carbocycles. The number of nitrogens with one attached hydrogen (secondary N) is 1. The molecule has 1 unspecified atom stereocenters. The number of hydrogen-bond donors (Lipinski definition) is 2. The van der Waals surface area contributed by atoms with Crippen molar-refractivity contribution in [3.63, 3.8) is 0 Å². The number of rotatable bonds is 4. The van der Waals surface area contributed by atoms with Gasteiger partial charge in [0.15, 0.2) is 5.25 Å². The van der Waals surface area contributed by atoms with Gasteiger partial charge in [-0.1, -0.05) is 17.7 Å². The largest absolute Gasteiger partial charge is 0.468 e. The summed E-state index contributed by atoms with van der Waals surface area (Å²) in [6.07, 6.45) is 0. The summed E-state index contributed by atoms with van der Waals surface area (Å²) in [5, 5.41) is -1.21. The van der Waals surface area contributed by atoms with Crippen molar-refractivity contribution in [2.45, 2.75) is 12.2 Å². The lowest BCUT2D eigenvalue weighted by molar-refractivity contribution is -0.139. The van der Waals surface area contributed by atoms with Crippen LogP contribution in [0.1, 0.15) is 6.92 Å². The molecule has 0 aromatic heterocycles. The lowest BCUT2D eigenvalue weighted by Gasteiger charge is -2.15. The molecule has 0 aliphatic heterocycles. The summed E-state index contributed by atoms with van der Waals surface area (Å²) in [5.74, 6) is -0.867. The lowest BCUT2D eigenvalue weighted by Crippen LogP contribution is -2.33. The summed E-state index contributed by atoms with van der Waals surface area (Å²) in [6.45, 7) is 1.21. The summed E-state index contributed by atoms with van der Waals surface area (Å²) in [4.78, 5) is 11.2. The molecule has 1 atom stereocenters. The van der Waals surface area contributed by atoms with E-state index in [0.29, 0.717) is 0 Å². The van der Waals surface area contributed by atoms with Gasteiger partial charge in [0.2, 0.25) is 10.0 Å². The Hall–Kier alpha value is -1.47. The van der Waals surface area contributed by atoms with Crippen LogP contribution in [0.4, 0.5) is 11.4 Å². The van der Waals surface area contributed by atoms with E-state index in [1.165, 1.54) is 19.1 Å². The number of nitrogens with two attached hydrogens (primary N) is 1. The van der Waals surface area contributed by atoms with E-state index in [1.54, 1.807) is 6.07 Å². The number of benzene rings is 1. The van der Waals surface area contributed by atoms with Crippen LogP contribution in [0.25, 0.3) is 0 Å². The summed E-state index contributed by atoms with van der Waals surface area (Å²) >= 11 is 5.83. The van der Waals surface area contributed by atoms with Crippen molar-refractivity contribution >= 4 is 39.0 Å². The number of sulfonamides is 1. The molecule has 3 N–H and O–H groups in total. The zero-order chi connectivity index (χ0) is 13.9. The van der Waals surface area contributed by atoms with Gasteiger partial charge < -0.3 is 10.5 Å². The first kappa shape index (κ1) is 14.6. The average Bonchev–Trinajstić information content (AvgIpc) is 2.32. The maximum Gasteiger partial charge on any atom is 0.325 e. The van der Waals surface area contributed by atoms with Crippen LogP contribution >= 0.6 is 11.6 Å². The van der Waals surface area contributed by atoms with Gasteiger partial charge in [-0.2, -0.15) is 0 Å². The van der Waals surface area contributed by atoms with Gasteiger partial charge in [0.1, 0.15) is 0 Å². The average molecular weight is 293 g/mol. The zero-order valence-electron chi connectivity index (χ0n) is 9.81. The third-order valence-electron chi connectivity index (χ3n) is 2.29. The SMILES string of the molecule is COC(=O)C(C)S(=O)(=O)Nc1c(N)cccc1Cl. The van der Waals surface area contributed by atoms with Gasteiger partial charge in [-0.3, -0.25) is 9.52 Å². The van der Waals surface area contributed by atoms with Gasteiger partial charge in [-0.05, 0) is 19.1 Å². The molecule has 0 radical (unpaired) electrons. The maximum atomic E-state index is 11.9. The molecule has 0 bridgehead atoms. The molecule has 1 rings (SSSR count). The van der Waals surface area contributed by atoms with Crippen molar-refractivity contribution < 1.29 is 17.9 Å². The maximum absolute atomic E-state index is 11.9. The van der Waals surface area contributed by atoms with E-state index in [1.807, 2.05) is 0 Å². The number of hydrogen-bond acceptors (Lipinski definition) is 5. The monoisotopic (exact) mass is 292 g/mol. The van der Waals surface area contributed by atoms with Gasteiger partial charge in [-0.25, -0.2) is 8.42 Å². The molecule has 0 amide bonds. The molecule has 0 aliphatic rings. The molecular weight excluding hydrogens is 280 g/mol. The number of nitrogen functional groups attached to an aromatic ring is 1. The molecule has 1 aromatic rings. The van der Waals surface area contributed by atoms with E-state index in [-0.39, 0.29) is 16.4 Å². The second kappa shape index (κ2) is 5.45. The van der Waals surface area contributed by atoms with Crippen molar-refractivity contribution in [3.05, 3.63) is 23.2 Å². The second-order valence-corrected chi connectivity index (χ2v) is 5.92. The molecule has 100 valence electrons. The van der Waals surface area contributed by atoms with Crippen LogP contribution in [0, 0.1) is 0 Å². The Labute approximate surface area is 110 Å². The first-order valence-corrected chi connectivity index (χ1v) is 6.85. The molecule has 0 saturated carbocycles. The highest BCUT2D eigenvalue weighted by atomic mass is 35.5. The van der Waals surface area contributed by atoms with E-state index >= 15 is 0 Å². The Morgan fingerprint density at radius 1 is 1.50 bits per heavy atom. The van der Waals surface area contributed by atoms with E-state index in [2.05, 4.69) is 9.46 Å². The van der Waals surface area contributed by atoms with Crippen LogP contribution in [-0.2, 0) is 19.6 Å². The predicted octanol–water partition coefficient (Wildman–Crippen LogP) is 1.23. The number of ether oxygens (including phenoxy) is 1. The fourth-order valence-electron chi connectivity index (χ4n) is 1.17. The van der Waals surface area contributed by atoms with Crippen LogP contribution in [-0.4, -0.2) is 26.7 Å². The van der Waals surface area contributed by atoms with E-state index in [9.17, 15) is 13.2 Å². The molecule has 18 heavy (non-hydrogen) atoms. The summed E-state index contributed by atoms with van der Waals surface area (Å²) in [5.41, 5.74) is 5.83. The highest BCUT2D eigenvalue weighted by Crippen LogP contribution is 2.29. The predicted molar refractivity (Wildman–Crippen MR) is 69.9 cm³/mol. The Kier molecular flexibility index (Phi) is 4.42. The molecule has 0 saturated heterocycles. The van der Waals surface area contributed by atoms with Crippen molar-refractivity contribution in [2.75, 3.05) is 17.6 Å². The van der Waals surface area contributed by atoms with Crippen LogP contribution < -0.4 is 10.5 Å². The van der Waals surface area contributed by atoms with Gasteiger partial charge in [-0.15, -0.1) is 0 Å². The van der Waals surface area contributed by atoms with Crippen molar-refractivity contribution in [1.29, 1.82) is 0 Å². The van der Waals surface area contributed by atoms with Gasteiger partial charge >= 0.3 is 5.97 Å². The first-order chi connectivity index (χ1) is 8.29. The number of carbonyl (C=O) groups excluding carboxylic acids is 1. The first-order valence-electron chi connectivity index (χ1n) is 4.93. The zero-order valence-corrected chi connectivity index (χ0v) is 11.4. The number of carbonyl (C=O) groups is 1. The van der Waals surface area contributed by atoms with Crippen molar-refractivity contribution in [3.8, 4) is 0 Å².